The summed E-state index contributed by atoms with van der Waals surface area (Å²) in [6, 6.07) is 0. The van der Waals surface area contributed by atoms with E-state index in [9.17, 15) is 0 Å². The van der Waals surface area contributed by atoms with E-state index in [0.29, 0.717) is 17.1 Å². The molecule has 1 heterocycles. The minimum absolute atomic E-state index is 0.608. The molecule has 0 bridgehead atoms. The van der Waals surface area contributed by atoms with Gasteiger partial charge in [0, 0.05) is 42.3 Å². The Labute approximate surface area is 117 Å². The number of thioether (sulfide) groups is 1. The lowest BCUT2D eigenvalue weighted by Crippen LogP contribution is -2.20. The molecule has 1 aromatic heterocycles. The molecule has 0 N–H and O–H groups in total. The van der Waals surface area contributed by atoms with Crippen molar-refractivity contribution in [3.05, 3.63) is 0 Å². The van der Waals surface area contributed by atoms with Crippen molar-refractivity contribution in [2.75, 3.05) is 52.1 Å². The molecule has 6 nitrogen and oxygen atoms in total. The molecule has 0 unspecified atom stereocenters. The van der Waals surface area contributed by atoms with Gasteiger partial charge in [-0.15, -0.1) is 0 Å². The second-order valence-corrected chi connectivity index (χ2v) is 5.87. The van der Waals surface area contributed by atoms with Crippen LogP contribution < -0.4 is 9.80 Å². The number of hydrogen-bond acceptors (Lipinski definition) is 7. The van der Waals surface area contributed by atoms with Crippen LogP contribution in [0.15, 0.2) is 5.16 Å². The monoisotopic (exact) mass is 286 g/mol. The van der Waals surface area contributed by atoms with Crippen LogP contribution in [0, 0.1) is 0 Å². The van der Waals surface area contributed by atoms with E-state index in [0.717, 1.165) is 4.32 Å². The first-order valence-corrected chi connectivity index (χ1v) is 6.53. The van der Waals surface area contributed by atoms with E-state index in [1.165, 1.54) is 11.8 Å². The van der Waals surface area contributed by atoms with Crippen molar-refractivity contribution in [3.63, 3.8) is 0 Å². The molecule has 0 aliphatic rings. The number of anilines is 2. The van der Waals surface area contributed by atoms with Crippen molar-refractivity contribution >= 4 is 40.2 Å². The number of aromatic nitrogens is 3. The molecule has 18 heavy (non-hydrogen) atoms. The highest BCUT2D eigenvalue weighted by atomic mass is 32.2. The first-order valence-electron chi connectivity index (χ1n) is 5.31. The smallest absolute Gasteiger partial charge is 0.230 e. The molecular weight excluding hydrogens is 268 g/mol. The number of thiocarbonyl (C=S) groups is 1. The van der Waals surface area contributed by atoms with Crippen LogP contribution in [0.4, 0.5) is 11.9 Å². The minimum Gasteiger partial charge on any atom is -0.363 e. The van der Waals surface area contributed by atoms with Crippen molar-refractivity contribution in [2.24, 2.45) is 0 Å². The molecule has 0 spiro atoms. The summed E-state index contributed by atoms with van der Waals surface area (Å²) in [6.07, 6.45) is 0. The first kappa shape index (κ1) is 14.9. The zero-order valence-corrected chi connectivity index (χ0v) is 13.1. The van der Waals surface area contributed by atoms with E-state index < -0.39 is 0 Å². The highest BCUT2D eigenvalue weighted by molar-refractivity contribution is 8.22. The fourth-order valence-corrected chi connectivity index (χ4v) is 1.77. The summed E-state index contributed by atoms with van der Waals surface area (Å²) in [6.45, 7) is 0. The SMILES string of the molecule is CN(C)C(=S)Sc1nc(N(C)C)nc(N(C)C)n1. The summed E-state index contributed by atoms with van der Waals surface area (Å²) in [5, 5.41) is 0.608. The molecule has 0 saturated carbocycles. The van der Waals surface area contributed by atoms with Crippen LogP contribution in [0.1, 0.15) is 0 Å². The second kappa shape index (κ2) is 6.14. The zero-order chi connectivity index (χ0) is 13.9. The molecular formula is C10H18N6S2. The van der Waals surface area contributed by atoms with Gasteiger partial charge in [-0.2, -0.15) is 15.0 Å². The normalized spacial score (nSPS) is 10.1. The van der Waals surface area contributed by atoms with Gasteiger partial charge in [-0.1, -0.05) is 12.2 Å². The van der Waals surface area contributed by atoms with Gasteiger partial charge in [-0.05, 0) is 11.8 Å². The van der Waals surface area contributed by atoms with Gasteiger partial charge in [0.05, 0.1) is 0 Å². The van der Waals surface area contributed by atoms with Gasteiger partial charge in [0.2, 0.25) is 17.1 Å². The van der Waals surface area contributed by atoms with Gasteiger partial charge >= 0.3 is 0 Å². The third-order valence-corrected chi connectivity index (χ3v) is 3.46. The maximum Gasteiger partial charge on any atom is 0.230 e. The molecule has 0 atom stereocenters. The van der Waals surface area contributed by atoms with Crippen LogP contribution >= 0.6 is 24.0 Å². The van der Waals surface area contributed by atoms with Gasteiger partial charge in [-0.25, -0.2) is 0 Å². The summed E-state index contributed by atoms with van der Waals surface area (Å²) in [7, 11) is 11.4. The van der Waals surface area contributed by atoms with E-state index in [1.807, 2.05) is 57.0 Å². The highest BCUT2D eigenvalue weighted by Gasteiger charge is 2.12. The van der Waals surface area contributed by atoms with Crippen LogP contribution in [0.3, 0.4) is 0 Å². The quantitative estimate of drug-likeness (QED) is 0.601. The Hall–Kier alpha value is -1.15. The van der Waals surface area contributed by atoms with Gasteiger partial charge in [0.25, 0.3) is 0 Å². The second-order valence-electron chi connectivity index (χ2n) is 4.27. The average Bonchev–Trinajstić information content (AvgIpc) is 2.28. The topological polar surface area (TPSA) is 48.4 Å². The average molecular weight is 286 g/mol. The summed E-state index contributed by atoms with van der Waals surface area (Å²) in [5.41, 5.74) is 0. The zero-order valence-electron chi connectivity index (χ0n) is 11.5. The van der Waals surface area contributed by atoms with Crippen LogP contribution in [0.5, 0.6) is 0 Å². The van der Waals surface area contributed by atoms with E-state index in [1.54, 1.807) is 0 Å². The Morgan fingerprint density at radius 1 is 0.889 bits per heavy atom. The molecule has 0 radical (unpaired) electrons. The fourth-order valence-electron chi connectivity index (χ4n) is 0.951. The molecule has 0 aromatic carbocycles. The summed E-state index contributed by atoms with van der Waals surface area (Å²) >= 11 is 6.60. The van der Waals surface area contributed by atoms with Crippen molar-refractivity contribution in [3.8, 4) is 0 Å². The van der Waals surface area contributed by atoms with Gasteiger partial charge < -0.3 is 14.7 Å². The largest absolute Gasteiger partial charge is 0.363 e. The van der Waals surface area contributed by atoms with Crippen molar-refractivity contribution in [1.29, 1.82) is 0 Å². The Balaban J connectivity index is 3.07. The Bertz CT molecular complexity index is 406. The van der Waals surface area contributed by atoms with Crippen molar-refractivity contribution in [2.45, 2.75) is 5.16 Å². The molecule has 1 aromatic rings. The number of hydrogen-bond donors (Lipinski definition) is 0. The van der Waals surface area contributed by atoms with E-state index >= 15 is 0 Å². The molecule has 0 amide bonds. The predicted molar refractivity (Wildman–Crippen MR) is 80.6 cm³/mol. The van der Waals surface area contributed by atoms with E-state index in [-0.39, 0.29) is 0 Å². The van der Waals surface area contributed by atoms with Crippen LogP contribution in [0.2, 0.25) is 0 Å². The Morgan fingerprint density at radius 2 is 1.33 bits per heavy atom. The summed E-state index contributed by atoms with van der Waals surface area (Å²) in [4.78, 5) is 18.6. The standard InChI is InChI=1S/C10H18N6S2/c1-14(2)7-11-8(15(3)4)13-9(12-7)18-10(17)16(5)6/h1-6H3. The lowest BCUT2D eigenvalue weighted by Gasteiger charge is -2.17. The molecule has 0 aliphatic heterocycles. The fraction of sp³-hybridized carbons (Fsp3) is 0.600. The lowest BCUT2D eigenvalue weighted by molar-refractivity contribution is 0.647. The summed E-state index contributed by atoms with van der Waals surface area (Å²) < 4.78 is 0.718. The molecule has 0 fully saturated rings. The highest BCUT2D eigenvalue weighted by Crippen LogP contribution is 2.20. The van der Waals surface area contributed by atoms with Crippen molar-refractivity contribution < 1.29 is 0 Å². The van der Waals surface area contributed by atoms with Gasteiger partial charge in [-0.3, -0.25) is 0 Å². The molecule has 0 saturated heterocycles. The minimum atomic E-state index is 0.608. The van der Waals surface area contributed by atoms with Crippen LogP contribution in [-0.2, 0) is 0 Å². The third kappa shape index (κ3) is 3.95. The van der Waals surface area contributed by atoms with Crippen LogP contribution in [-0.4, -0.2) is 66.5 Å². The molecule has 0 aliphatic carbocycles. The maximum absolute atomic E-state index is 5.24. The maximum atomic E-state index is 5.24. The molecule has 100 valence electrons. The Morgan fingerprint density at radius 3 is 1.67 bits per heavy atom. The van der Waals surface area contributed by atoms with Crippen molar-refractivity contribution in [1.82, 2.24) is 19.9 Å². The van der Waals surface area contributed by atoms with E-state index in [4.69, 9.17) is 12.2 Å². The van der Waals surface area contributed by atoms with E-state index in [2.05, 4.69) is 15.0 Å². The summed E-state index contributed by atoms with van der Waals surface area (Å²) in [5.74, 6) is 1.25. The third-order valence-electron chi connectivity index (χ3n) is 1.94. The number of rotatable bonds is 3. The number of nitrogens with zero attached hydrogens (tertiary/aromatic N) is 6. The van der Waals surface area contributed by atoms with Gasteiger partial charge in [0.15, 0.2) is 0 Å². The predicted octanol–water partition coefficient (Wildman–Crippen LogP) is 0.942. The van der Waals surface area contributed by atoms with Crippen LogP contribution in [0.25, 0.3) is 0 Å². The molecule has 1 rings (SSSR count). The van der Waals surface area contributed by atoms with Gasteiger partial charge in [0.1, 0.15) is 4.32 Å². The molecule has 8 heteroatoms. The Kier molecular flexibility index (Phi) is 5.09. The first-order chi connectivity index (χ1) is 8.31. The lowest BCUT2D eigenvalue weighted by atomic mass is 10.7.